The van der Waals surface area contributed by atoms with E-state index in [1.165, 1.54) is 12.1 Å². The topological polar surface area (TPSA) is 134 Å². The molecule has 0 spiro atoms. The van der Waals surface area contributed by atoms with Crippen LogP contribution in [0.5, 0.6) is 0 Å². The van der Waals surface area contributed by atoms with Crippen LogP contribution in [0.3, 0.4) is 0 Å². The van der Waals surface area contributed by atoms with Crippen molar-refractivity contribution in [2.24, 2.45) is 0 Å². The van der Waals surface area contributed by atoms with E-state index in [0.29, 0.717) is 5.33 Å². The standard InChI is InChI=1S/C12H9Br2Cl2N5O4S/c13-4-6(14)9(22)17-5-1-2-8(26(23,24)25)7(3-5)18-12-20-10(15)19-11(16)21-12/h1-3,6H,4H2,(H,17,22)(H,23,24,25)(H,18,19,20,21). The number of alkyl halides is 2. The Kier molecular flexibility index (Phi) is 7.16. The Bertz CT molecular complexity index is 927. The van der Waals surface area contributed by atoms with Gasteiger partial charge in [0.1, 0.15) is 9.72 Å². The molecule has 1 heterocycles. The van der Waals surface area contributed by atoms with Gasteiger partial charge in [-0.15, -0.1) is 0 Å². The van der Waals surface area contributed by atoms with Gasteiger partial charge in [0, 0.05) is 11.0 Å². The van der Waals surface area contributed by atoms with Crippen molar-refractivity contribution in [2.45, 2.75) is 9.72 Å². The fourth-order valence-corrected chi connectivity index (χ4v) is 3.12. The highest BCUT2D eigenvalue weighted by molar-refractivity contribution is 9.12. The summed E-state index contributed by atoms with van der Waals surface area (Å²) in [4.78, 5) is 22.1. The maximum Gasteiger partial charge on any atom is 0.296 e. The Labute approximate surface area is 174 Å². The molecule has 0 saturated carbocycles. The molecule has 0 aliphatic carbocycles. The van der Waals surface area contributed by atoms with E-state index >= 15 is 0 Å². The van der Waals surface area contributed by atoms with Gasteiger partial charge in [-0.1, -0.05) is 31.9 Å². The highest BCUT2D eigenvalue weighted by atomic mass is 79.9. The number of anilines is 3. The van der Waals surface area contributed by atoms with Gasteiger partial charge in [-0.05, 0) is 41.4 Å². The second kappa shape index (κ2) is 8.76. The lowest BCUT2D eigenvalue weighted by molar-refractivity contribution is -0.115. The van der Waals surface area contributed by atoms with Crippen LogP contribution in [0.2, 0.25) is 10.6 Å². The number of halogens is 4. The summed E-state index contributed by atoms with van der Waals surface area (Å²) in [6, 6.07) is 3.70. The van der Waals surface area contributed by atoms with Gasteiger partial charge in [-0.25, -0.2) is 0 Å². The number of hydrogen-bond acceptors (Lipinski definition) is 7. The van der Waals surface area contributed by atoms with E-state index in [1.54, 1.807) is 0 Å². The summed E-state index contributed by atoms with van der Waals surface area (Å²) in [6.45, 7) is 0. The zero-order chi connectivity index (χ0) is 19.5. The molecule has 9 nitrogen and oxygen atoms in total. The van der Waals surface area contributed by atoms with Gasteiger partial charge in [-0.2, -0.15) is 23.4 Å². The quantitative estimate of drug-likeness (QED) is 0.369. The second-order valence-electron chi connectivity index (χ2n) is 4.62. The monoisotopic (exact) mass is 547 g/mol. The van der Waals surface area contributed by atoms with Gasteiger partial charge in [0.2, 0.25) is 22.4 Å². The molecule has 1 aromatic heterocycles. The smallest absolute Gasteiger partial charge is 0.296 e. The van der Waals surface area contributed by atoms with Crippen LogP contribution in [0.1, 0.15) is 0 Å². The predicted octanol–water partition coefficient (Wildman–Crippen LogP) is 3.27. The number of carbonyl (C=O) groups is 1. The number of aromatic nitrogens is 3. The minimum absolute atomic E-state index is 0.103. The lowest BCUT2D eigenvalue weighted by Crippen LogP contribution is -2.23. The van der Waals surface area contributed by atoms with Crippen LogP contribution in [0.15, 0.2) is 23.1 Å². The molecule has 0 aliphatic heterocycles. The third-order valence-electron chi connectivity index (χ3n) is 2.77. The van der Waals surface area contributed by atoms with E-state index < -0.39 is 19.8 Å². The molecule has 0 bridgehead atoms. The van der Waals surface area contributed by atoms with Gasteiger partial charge in [0.05, 0.1) is 5.69 Å². The van der Waals surface area contributed by atoms with Crippen molar-refractivity contribution < 1.29 is 17.8 Å². The van der Waals surface area contributed by atoms with E-state index in [0.717, 1.165) is 6.07 Å². The number of nitrogens with one attached hydrogen (secondary N) is 2. The lowest BCUT2D eigenvalue weighted by Gasteiger charge is -2.13. The SMILES string of the molecule is O=C(Nc1ccc(S(=O)(=O)O)c(Nc2nc(Cl)nc(Cl)n2)c1)C(Br)CBr. The zero-order valence-corrected chi connectivity index (χ0v) is 18.0. The van der Waals surface area contributed by atoms with Gasteiger partial charge in [0.15, 0.2) is 0 Å². The summed E-state index contributed by atoms with van der Waals surface area (Å²) in [5.41, 5.74) is 0.162. The average molecular weight is 550 g/mol. The van der Waals surface area contributed by atoms with Crippen LogP contribution >= 0.6 is 55.1 Å². The largest absolute Gasteiger partial charge is 0.325 e. The zero-order valence-electron chi connectivity index (χ0n) is 12.5. The fourth-order valence-electron chi connectivity index (χ4n) is 1.72. The molecule has 1 unspecified atom stereocenters. The Morgan fingerprint density at radius 2 is 1.85 bits per heavy atom. The van der Waals surface area contributed by atoms with Crippen molar-refractivity contribution in [3.05, 3.63) is 28.8 Å². The second-order valence-corrected chi connectivity index (χ2v) is 8.44. The van der Waals surface area contributed by atoms with Crippen molar-refractivity contribution in [3.63, 3.8) is 0 Å². The van der Waals surface area contributed by atoms with Crippen LogP contribution in [0, 0.1) is 0 Å². The van der Waals surface area contributed by atoms with Crippen LogP contribution in [0.25, 0.3) is 0 Å². The van der Waals surface area contributed by atoms with Gasteiger partial charge >= 0.3 is 0 Å². The highest BCUT2D eigenvalue weighted by Gasteiger charge is 2.19. The summed E-state index contributed by atoms with van der Waals surface area (Å²) >= 11 is 17.7. The Morgan fingerprint density at radius 1 is 1.23 bits per heavy atom. The summed E-state index contributed by atoms with van der Waals surface area (Å²) in [6.07, 6.45) is 0. The predicted molar refractivity (Wildman–Crippen MR) is 105 cm³/mol. The molecule has 26 heavy (non-hydrogen) atoms. The number of rotatable bonds is 6. The van der Waals surface area contributed by atoms with Crippen molar-refractivity contribution >= 4 is 88.4 Å². The van der Waals surface area contributed by atoms with E-state index in [1.807, 2.05) is 0 Å². The van der Waals surface area contributed by atoms with E-state index in [9.17, 15) is 17.8 Å². The molecule has 0 fully saturated rings. The summed E-state index contributed by atoms with van der Waals surface area (Å²) in [7, 11) is -4.57. The lowest BCUT2D eigenvalue weighted by atomic mass is 10.2. The maximum absolute atomic E-state index is 11.9. The average Bonchev–Trinajstić information content (AvgIpc) is 2.52. The van der Waals surface area contributed by atoms with Crippen molar-refractivity contribution in [2.75, 3.05) is 16.0 Å². The first-order valence-corrected chi connectivity index (χ1v) is 10.8. The minimum Gasteiger partial charge on any atom is -0.325 e. The Morgan fingerprint density at radius 3 is 2.38 bits per heavy atom. The summed E-state index contributed by atoms with van der Waals surface area (Å²) < 4.78 is 32.5. The first-order valence-electron chi connectivity index (χ1n) is 6.56. The molecule has 0 saturated heterocycles. The van der Waals surface area contributed by atoms with Crippen molar-refractivity contribution in [1.29, 1.82) is 0 Å². The Balaban J connectivity index is 2.43. The van der Waals surface area contributed by atoms with Crippen LogP contribution in [0.4, 0.5) is 17.3 Å². The number of hydrogen-bond donors (Lipinski definition) is 3. The van der Waals surface area contributed by atoms with E-state index in [4.69, 9.17) is 23.2 Å². The molecular formula is C12H9Br2Cl2N5O4S. The first kappa shape index (κ1) is 21.3. The molecule has 0 radical (unpaired) electrons. The van der Waals surface area contributed by atoms with E-state index in [-0.39, 0.29) is 33.8 Å². The number of nitrogens with zero attached hydrogens (tertiary/aromatic N) is 3. The molecular weight excluding hydrogens is 541 g/mol. The molecule has 1 amide bonds. The van der Waals surface area contributed by atoms with Gasteiger partial charge < -0.3 is 10.6 Å². The number of amides is 1. The highest BCUT2D eigenvalue weighted by Crippen LogP contribution is 2.28. The number of carbonyl (C=O) groups excluding carboxylic acids is 1. The van der Waals surface area contributed by atoms with Gasteiger partial charge in [0.25, 0.3) is 10.1 Å². The molecule has 14 heteroatoms. The van der Waals surface area contributed by atoms with E-state index in [2.05, 4.69) is 57.4 Å². The molecule has 1 aromatic carbocycles. The minimum atomic E-state index is -4.57. The third-order valence-corrected chi connectivity index (χ3v) is 6.28. The normalized spacial score (nSPS) is 12.5. The first-order chi connectivity index (χ1) is 12.1. The van der Waals surface area contributed by atoms with Gasteiger partial charge in [-0.3, -0.25) is 9.35 Å². The van der Waals surface area contributed by atoms with Crippen LogP contribution in [-0.2, 0) is 14.9 Å². The fraction of sp³-hybridized carbons (Fsp3) is 0.167. The van der Waals surface area contributed by atoms with Crippen molar-refractivity contribution in [1.82, 2.24) is 15.0 Å². The van der Waals surface area contributed by atoms with Crippen LogP contribution < -0.4 is 10.6 Å². The third kappa shape index (κ3) is 5.72. The molecule has 3 N–H and O–H groups in total. The molecule has 2 aromatic rings. The summed E-state index contributed by atoms with van der Waals surface area (Å²) in [5, 5.41) is 5.09. The molecule has 1 atom stereocenters. The Hall–Kier alpha value is -1.05. The molecule has 2 rings (SSSR count). The summed E-state index contributed by atoms with van der Waals surface area (Å²) in [5.74, 6) is -0.513. The maximum atomic E-state index is 11.9. The number of benzene rings is 1. The van der Waals surface area contributed by atoms with Crippen molar-refractivity contribution in [3.8, 4) is 0 Å². The van der Waals surface area contributed by atoms with Crippen LogP contribution in [-0.4, -0.2) is 44.0 Å². The molecule has 0 aliphatic rings. The molecule has 140 valence electrons.